The number of thioether (sulfide) groups is 1. The van der Waals surface area contributed by atoms with E-state index in [1.54, 1.807) is 9.80 Å². The molecule has 1 saturated heterocycles. The molecule has 4 rings (SSSR count). The van der Waals surface area contributed by atoms with Crippen molar-refractivity contribution in [2.75, 3.05) is 44.0 Å². The predicted octanol–water partition coefficient (Wildman–Crippen LogP) is 0.624. The number of rotatable bonds is 7. The van der Waals surface area contributed by atoms with Crippen molar-refractivity contribution < 1.29 is 14.3 Å². The largest absolute Gasteiger partial charge is 0.383 e. The number of piperazine rings is 1. The number of nitrogens with zero attached hydrogens (tertiary/aromatic N) is 6. The van der Waals surface area contributed by atoms with Crippen LogP contribution in [0.1, 0.15) is 5.56 Å². The minimum atomic E-state index is -0.681. The number of fused-ring (bicyclic) bond motifs is 1. The Morgan fingerprint density at radius 3 is 2.88 bits per heavy atom. The Balaban J connectivity index is 1.44. The molecule has 0 aliphatic carbocycles. The van der Waals surface area contributed by atoms with Crippen molar-refractivity contribution in [1.29, 1.82) is 0 Å². The van der Waals surface area contributed by atoms with Crippen LogP contribution in [0.4, 0.5) is 10.9 Å². The van der Waals surface area contributed by atoms with Crippen LogP contribution in [0.2, 0.25) is 0 Å². The van der Waals surface area contributed by atoms with E-state index in [4.69, 9.17) is 16.2 Å². The highest BCUT2D eigenvalue weighted by Crippen LogP contribution is 2.25. The van der Waals surface area contributed by atoms with Gasteiger partial charge in [0, 0.05) is 32.1 Å². The Bertz CT molecular complexity index is 1140. The fourth-order valence-corrected chi connectivity index (χ4v) is 5.06. The van der Waals surface area contributed by atoms with Crippen LogP contribution in [0.3, 0.4) is 0 Å². The van der Waals surface area contributed by atoms with E-state index in [0.717, 1.165) is 16.5 Å². The zero-order chi connectivity index (χ0) is 22.7. The van der Waals surface area contributed by atoms with Crippen molar-refractivity contribution in [2.45, 2.75) is 16.9 Å². The van der Waals surface area contributed by atoms with Crippen LogP contribution in [0.15, 0.2) is 28.9 Å². The molecule has 2 amide bonds. The molecule has 1 atom stereocenters. The first kappa shape index (κ1) is 22.2. The minimum absolute atomic E-state index is 0.124. The molecule has 1 aliphatic rings. The molecule has 0 spiro atoms. The topological polar surface area (TPSA) is 153 Å². The van der Waals surface area contributed by atoms with Gasteiger partial charge < -0.3 is 26.0 Å². The van der Waals surface area contributed by atoms with Crippen molar-refractivity contribution in [3.63, 3.8) is 0 Å². The van der Waals surface area contributed by atoms with E-state index in [0.29, 0.717) is 34.9 Å². The first-order valence-electron chi connectivity index (χ1n) is 9.74. The second kappa shape index (κ2) is 9.63. The van der Waals surface area contributed by atoms with Crippen LogP contribution in [0.5, 0.6) is 0 Å². The maximum atomic E-state index is 13.2. The first-order valence-corrected chi connectivity index (χ1v) is 11.5. The van der Waals surface area contributed by atoms with Crippen LogP contribution in [0.25, 0.3) is 10.9 Å². The van der Waals surface area contributed by atoms with Crippen molar-refractivity contribution in [3.8, 4) is 0 Å². The number of methoxy groups -OCH3 is 1. The van der Waals surface area contributed by atoms with E-state index in [9.17, 15) is 9.59 Å². The number of carbonyl (C=O) groups excluding carboxylic acids is 2. The van der Waals surface area contributed by atoms with Gasteiger partial charge in [-0.25, -0.2) is 9.97 Å². The summed E-state index contributed by atoms with van der Waals surface area (Å²) < 4.78 is 5.87. The molecule has 1 aliphatic heterocycles. The van der Waals surface area contributed by atoms with Crippen molar-refractivity contribution in [3.05, 3.63) is 30.1 Å². The summed E-state index contributed by atoms with van der Waals surface area (Å²) >= 11 is 2.48. The van der Waals surface area contributed by atoms with Gasteiger partial charge in [-0.05, 0) is 17.7 Å². The fourth-order valence-electron chi connectivity index (χ4n) is 3.54. The molecular weight excluding hydrogens is 452 g/mol. The Labute approximate surface area is 192 Å². The van der Waals surface area contributed by atoms with E-state index < -0.39 is 6.04 Å². The maximum Gasteiger partial charge on any atom is 0.248 e. The lowest BCUT2D eigenvalue weighted by Gasteiger charge is -2.40. The van der Waals surface area contributed by atoms with Crippen LogP contribution in [-0.4, -0.2) is 80.4 Å². The van der Waals surface area contributed by atoms with Gasteiger partial charge in [-0.2, -0.15) is 0 Å². The normalized spacial score (nSPS) is 16.7. The van der Waals surface area contributed by atoms with Crippen molar-refractivity contribution in [1.82, 2.24) is 30.0 Å². The fraction of sp³-hybridized carbons (Fsp3) is 0.368. The summed E-state index contributed by atoms with van der Waals surface area (Å²) in [5.74, 6) is 0.253. The van der Waals surface area contributed by atoms with Gasteiger partial charge in [0.1, 0.15) is 18.2 Å². The zero-order valence-electron chi connectivity index (χ0n) is 17.3. The number of benzene rings is 1. The molecule has 3 aromatic rings. The van der Waals surface area contributed by atoms with Gasteiger partial charge in [0.05, 0.1) is 17.9 Å². The predicted molar refractivity (Wildman–Crippen MR) is 122 cm³/mol. The highest BCUT2D eigenvalue weighted by Gasteiger charge is 2.37. The zero-order valence-corrected chi connectivity index (χ0v) is 18.9. The molecule has 0 bridgehead atoms. The Hall–Kier alpha value is -3.03. The molecule has 168 valence electrons. The number of anilines is 2. The quantitative estimate of drug-likeness (QED) is 0.466. The van der Waals surface area contributed by atoms with Gasteiger partial charge in [0.2, 0.25) is 16.9 Å². The van der Waals surface area contributed by atoms with Gasteiger partial charge in [-0.1, -0.05) is 29.2 Å². The molecular formula is C19H22N8O3S2. The smallest absolute Gasteiger partial charge is 0.248 e. The van der Waals surface area contributed by atoms with Crippen molar-refractivity contribution >= 4 is 56.8 Å². The summed E-state index contributed by atoms with van der Waals surface area (Å²) in [7, 11) is 1.51. The molecule has 2 aromatic heterocycles. The number of nitrogen functional groups attached to an aromatic ring is 2. The first-order chi connectivity index (χ1) is 15.5. The molecule has 1 unspecified atom stereocenters. The summed E-state index contributed by atoms with van der Waals surface area (Å²) in [6, 6.07) is 4.98. The van der Waals surface area contributed by atoms with Gasteiger partial charge in [0.15, 0.2) is 4.34 Å². The number of hydrogen-bond acceptors (Lipinski definition) is 11. The lowest BCUT2D eigenvalue weighted by Crippen LogP contribution is -2.60. The minimum Gasteiger partial charge on any atom is -0.383 e. The molecule has 1 aromatic carbocycles. The Morgan fingerprint density at radius 2 is 2.12 bits per heavy atom. The van der Waals surface area contributed by atoms with E-state index in [2.05, 4.69) is 20.2 Å². The second-order valence-electron chi connectivity index (χ2n) is 7.12. The van der Waals surface area contributed by atoms with Crippen LogP contribution < -0.4 is 11.5 Å². The Morgan fingerprint density at radius 1 is 1.28 bits per heavy atom. The average molecular weight is 475 g/mol. The van der Waals surface area contributed by atoms with Crippen LogP contribution >= 0.6 is 23.1 Å². The van der Waals surface area contributed by atoms with E-state index in [1.165, 1.54) is 36.5 Å². The van der Waals surface area contributed by atoms with Gasteiger partial charge in [-0.15, -0.1) is 10.2 Å². The van der Waals surface area contributed by atoms with E-state index >= 15 is 0 Å². The van der Waals surface area contributed by atoms with E-state index in [-0.39, 0.29) is 24.2 Å². The summed E-state index contributed by atoms with van der Waals surface area (Å²) in [5, 5.41) is 8.77. The third kappa shape index (κ3) is 4.74. The second-order valence-corrected chi connectivity index (χ2v) is 9.35. The summed E-state index contributed by atoms with van der Waals surface area (Å²) in [6.07, 6.45) is 1.42. The molecule has 1 fully saturated rings. The highest BCUT2D eigenvalue weighted by molar-refractivity contribution is 8.01. The number of carbonyl (C=O) groups is 2. The Kier molecular flexibility index (Phi) is 6.67. The van der Waals surface area contributed by atoms with Crippen LogP contribution in [0, 0.1) is 0 Å². The molecule has 0 saturated carbocycles. The third-order valence-corrected chi connectivity index (χ3v) is 6.95. The monoisotopic (exact) mass is 474 g/mol. The van der Waals surface area contributed by atoms with Gasteiger partial charge in [-0.3, -0.25) is 9.59 Å². The molecule has 3 heterocycles. The summed E-state index contributed by atoms with van der Waals surface area (Å²) in [6.45, 7) is 1.37. The molecule has 4 N–H and O–H groups in total. The maximum absolute atomic E-state index is 13.2. The van der Waals surface area contributed by atoms with Crippen LogP contribution in [-0.2, 0) is 20.9 Å². The van der Waals surface area contributed by atoms with E-state index in [1.807, 2.05) is 18.2 Å². The summed E-state index contributed by atoms with van der Waals surface area (Å²) in [4.78, 5) is 37.6. The van der Waals surface area contributed by atoms with Crippen molar-refractivity contribution in [2.24, 2.45) is 0 Å². The lowest BCUT2D eigenvalue weighted by atomic mass is 10.1. The number of hydrogen-bond donors (Lipinski definition) is 2. The third-order valence-electron chi connectivity index (χ3n) is 5.08. The average Bonchev–Trinajstić information content (AvgIpc) is 3.20. The molecule has 32 heavy (non-hydrogen) atoms. The molecule has 0 radical (unpaired) electrons. The number of amides is 2. The standard InChI is InChI=1S/C19H22N8O3S2/c1-30-8-14-17(29)26(7-11-2-3-12-13(6-11)22-10-23-16(12)20)4-5-27(14)15(28)9-31-19-25-24-18(21)32-19/h2-3,6,10,14H,4-5,7-9H2,1H3,(H2,21,24)(H2,20,22,23). The number of ether oxygens (including phenoxy) is 1. The molecule has 13 heteroatoms. The number of aromatic nitrogens is 4. The van der Waals surface area contributed by atoms with Gasteiger partial charge >= 0.3 is 0 Å². The van der Waals surface area contributed by atoms with Gasteiger partial charge in [0.25, 0.3) is 0 Å². The SMILES string of the molecule is COCC1C(=O)N(Cc2ccc3c(N)ncnc3c2)CCN1C(=O)CSc1nnc(N)s1. The highest BCUT2D eigenvalue weighted by atomic mass is 32.2. The number of nitrogens with two attached hydrogens (primary N) is 2. The summed E-state index contributed by atoms with van der Waals surface area (Å²) in [5.41, 5.74) is 13.1. The lowest BCUT2D eigenvalue weighted by molar-refractivity contribution is -0.153. The molecule has 11 nitrogen and oxygen atoms in total.